The molecule has 0 bridgehead atoms. The largest absolute Gasteiger partial charge is 0.508 e. The van der Waals surface area contributed by atoms with Gasteiger partial charge in [0.2, 0.25) is 0 Å². The number of aryl methyl sites for hydroxylation is 2. The average Bonchev–Trinajstić information content (AvgIpc) is 2.63. The van der Waals surface area contributed by atoms with Crippen molar-refractivity contribution >= 4 is 5.91 Å². The van der Waals surface area contributed by atoms with Crippen molar-refractivity contribution in [1.82, 2.24) is 4.90 Å². The van der Waals surface area contributed by atoms with Crippen molar-refractivity contribution in [2.24, 2.45) is 5.92 Å². The molecular weight excluding hydrogens is 317 g/mol. The van der Waals surface area contributed by atoms with E-state index < -0.39 is 0 Å². The maximum absolute atomic E-state index is 13.0. The minimum absolute atomic E-state index is 0.0122. The number of halogens is 1. The highest BCUT2D eigenvalue weighted by molar-refractivity contribution is 5.94. The van der Waals surface area contributed by atoms with E-state index >= 15 is 0 Å². The van der Waals surface area contributed by atoms with Gasteiger partial charge in [0.15, 0.2) is 0 Å². The molecule has 3 nitrogen and oxygen atoms in total. The lowest BCUT2D eigenvalue weighted by molar-refractivity contribution is 0.0668. The molecule has 0 aliphatic carbocycles. The van der Waals surface area contributed by atoms with Crippen LogP contribution in [0.2, 0.25) is 0 Å². The first-order chi connectivity index (χ1) is 12.0. The van der Waals surface area contributed by atoms with Crippen LogP contribution in [0.3, 0.4) is 0 Å². The third-order valence-electron chi connectivity index (χ3n) is 5.02. The maximum Gasteiger partial charge on any atom is 0.253 e. The molecule has 0 radical (unpaired) electrons. The summed E-state index contributed by atoms with van der Waals surface area (Å²) < 4.78 is 13.0. The van der Waals surface area contributed by atoms with Crippen LogP contribution in [0.4, 0.5) is 4.39 Å². The average molecular weight is 341 g/mol. The molecule has 132 valence electrons. The molecule has 1 aliphatic rings. The van der Waals surface area contributed by atoms with Gasteiger partial charge in [0.25, 0.3) is 5.91 Å². The number of amides is 1. The van der Waals surface area contributed by atoms with Gasteiger partial charge in [-0.15, -0.1) is 0 Å². The van der Waals surface area contributed by atoms with Crippen LogP contribution in [0, 0.1) is 18.7 Å². The van der Waals surface area contributed by atoms with Gasteiger partial charge in [0.05, 0.1) is 0 Å². The van der Waals surface area contributed by atoms with E-state index in [9.17, 15) is 14.3 Å². The van der Waals surface area contributed by atoms with Crippen molar-refractivity contribution < 1.29 is 14.3 Å². The van der Waals surface area contributed by atoms with E-state index in [4.69, 9.17) is 0 Å². The van der Waals surface area contributed by atoms with E-state index in [1.165, 1.54) is 12.1 Å². The molecule has 1 saturated heterocycles. The summed E-state index contributed by atoms with van der Waals surface area (Å²) in [6, 6.07) is 11.8. The Bertz CT molecular complexity index is 742. The fraction of sp³-hybridized carbons (Fsp3) is 0.381. The molecule has 1 heterocycles. The molecule has 25 heavy (non-hydrogen) atoms. The highest BCUT2D eigenvalue weighted by Gasteiger charge is 2.24. The van der Waals surface area contributed by atoms with Crippen molar-refractivity contribution in [3.05, 3.63) is 65.0 Å². The first-order valence-electron chi connectivity index (χ1n) is 8.86. The third-order valence-corrected chi connectivity index (χ3v) is 5.02. The minimum Gasteiger partial charge on any atom is -0.508 e. The van der Waals surface area contributed by atoms with E-state index in [0.717, 1.165) is 49.9 Å². The molecule has 1 N–H and O–H groups in total. The van der Waals surface area contributed by atoms with Gasteiger partial charge in [-0.1, -0.05) is 18.2 Å². The summed E-state index contributed by atoms with van der Waals surface area (Å²) in [4.78, 5) is 14.6. The minimum atomic E-state index is -0.209. The Morgan fingerprint density at radius 1 is 1.24 bits per heavy atom. The van der Waals surface area contributed by atoms with E-state index in [0.29, 0.717) is 11.5 Å². The van der Waals surface area contributed by atoms with Crippen LogP contribution in [0.25, 0.3) is 0 Å². The standard InChI is InChI=1S/C21H24FNO2/c1-15-4-9-18(13-20(15)24)21(25)23-12-2-3-17(14-23)6-5-16-7-10-19(22)11-8-16/h4,7-11,13,17,24H,2-3,5-6,12,14H2,1H3. The Hall–Kier alpha value is -2.36. The number of piperidine rings is 1. The molecule has 4 heteroatoms. The molecule has 1 aliphatic heterocycles. The highest BCUT2D eigenvalue weighted by Crippen LogP contribution is 2.24. The summed E-state index contributed by atoms with van der Waals surface area (Å²) in [7, 11) is 0. The molecule has 0 saturated carbocycles. The number of phenols is 1. The number of hydrogen-bond acceptors (Lipinski definition) is 2. The second kappa shape index (κ2) is 7.68. The second-order valence-electron chi connectivity index (χ2n) is 6.93. The maximum atomic E-state index is 13.0. The number of aromatic hydroxyl groups is 1. The molecule has 1 fully saturated rings. The van der Waals surface area contributed by atoms with E-state index in [1.54, 1.807) is 18.2 Å². The number of benzene rings is 2. The van der Waals surface area contributed by atoms with Crippen molar-refractivity contribution in [2.45, 2.75) is 32.6 Å². The second-order valence-corrected chi connectivity index (χ2v) is 6.93. The van der Waals surface area contributed by atoms with Gasteiger partial charge in [-0.2, -0.15) is 0 Å². The Morgan fingerprint density at radius 3 is 2.72 bits per heavy atom. The molecule has 3 rings (SSSR count). The van der Waals surface area contributed by atoms with Crippen molar-refractivity contribution in [3.63, 3.8) is 0 Å². The normalized spacial score (nSPS) is 17.5. The predicted octanol–water partition coefficient (Wildman–Crippen LogP) is 4.32. The molecule has 1 unspecified atom stereocenters. The Kier molecular flexibility index (Phi) is 5.37. The lowest BCUT2D eigenvalue weighted by atomic mass is 9.91. The highest BCUT2D eigenvalue weighted by atomic mass is 19.1. The third kappa shape index (κ3) is 4.38. The zero-order valence-corrected chi connectivity index (χ0v) is 14.5. The quantitative estimate of drug-likeness (QED) is 0.899. The van der Waals surface area contributed by atoms with Crippen molar-refractivity contribution in [3.8, 4) is 5.75 Å². The number of hydrogen-bond donors (Lipinski definition) is 1. The molecular formula is C21H24FNO2. The van der Waals surface area contributed by atoms with Crippen LogP contribution in [0.5, 0.6) is 5.75 Å². The smallest absolute Gasteiger partial charge is 0.253 e. The number of phenolic OH excluding ortho intramolecular Hbond substituents is 1. The molecule has 2 aromatic carbocycles. The van der Waals surface area contributed by atoms with Crippen molar-refractivity contribution in [1.29, 1.82) is 0 Å². The first-order valence-corrected chi connectivity index (χ1v) is 8.86. The fourth-order valence-electron chi connectivity index (χ4n) is 3.43. The number of rotatable bonds is 4. The van der Waals surface area contributed by atoms with Crippen LogP contribution < -0.4 is 0 Å². The van der Waals surface area contributed by atoms with Gasteiger partial charge in [0, 0.05) is 18.7 Å². The lowest BCUT2D eigenvalue weighted by Crippen LogP contribution is -2.40. The van der Waals surface area contributed by atoms with E-state index in [1.807, 2.05) is 24.0 Å². The zero-order valence-electron chi connectivity index (χ0n) is 14.5. The number of nitrogens with zero attached hydrogens (tertiary/aromatic N) is 1. The van der Waals surface area contributed by atoms with Gasteiger partial charge in [-0.25, -0.2) is 4.39 Å². The fourth-order valence-corrected chi connectivity index (χ4v) is 3.43. The van der Waals surface area contributed by atoms with Crippen LogP contribution >= 0.6 is 0 Å². The van der Waals surface area contributed by atoms with Gasteiger partial charge < -0.3 is 10.0 Å². The topological polar surface area (TPSA) is 40.5 Å². The van der Waals surface area contributed by atoms with Crippen molar-refractivity contribution in [2.75, 3.05) is 13.1 Å². The molecule has 0 aromatic heterocycles. The summed E-state index contributed by atoms with van der Waals surface area (Å²) in [6.45, 7) is 3.32. The number of likely N-dealkylation sites (tertiary alicyclic amines) is 1. The summed E-state index contributed by atoms with van der Waals surface area (Å²) in [5.74, 6) is 0.402. The number of carbonyl (C=O) groups excluding carboxylic acids is 1. The molecule has 0 spiro atoms. The molecule has 1 amide bonds. The SMILES string of the molecule is Cc1ccc(C(=O)N2CCCC(CCc3ccc(F)cc3)C2)cc1O. The summed E-state index contributed by atoms with van der Waals surface area (Å²) in [5.41, 5.74) is 2.45. The Labute approximate surface area is 148 Å². The van der Waals surface area contributed by atoms with Crippen LogP contribution in [-0.4, -0.2) is 29.0 Å². The van der Waals surface area contributed by atoms with E-state index in [-0.39, 0.29) is 17.5 Å². The van der Waals surface area contributed by atoms with Gasteiger partial charge >= 0.3 is 0 Å². The molecule has 1 atom stereocenters. The van der Waals surface area contributed by atoms with Gasteiger partial charge in [-0.3, -0.25) is 4.79 Å². The van der Waals surface area contributed by atoms with Crippen LogP contribution in [-0.2, 0) is 6.42 Å². The van der Waals surface area contributed by atoms with E-state index in [2.05, 4.69) is 0 Å². The summed E-state index contributed by atoms with van der Waals surface area (Å²) in [6.07, 6.45) is 4.01. The Morgan fingerprint density at radius 2 is 2.00 bits per heavy atom. The number of carbonyl (C=O) groups is 1. The first kappa shape index (κ1) is 17.5. The summed E-state index contributed by atoms with van der Waals surface area (Å²) >= 11 is 0. The lowest BCUT2D eigenvalue weighted by Gasteiger charge is -2.33. The van der Waals surface area contributed by atoms with Crippen LogP contribution in [0.1, 0.15) is 40.7 Å². The van der Waals surface area contributed by atoms with Crippen LogP contribution in [0.15, 0.2) is 42.5 Å². The van der Waals surface area contributed by atoms with Gasteiger partial charge in [-0.05, 0) is 73.9 Å². The zero-order chi connectivity index (χ0) is 17.8. The molecule has 2 aromatic rings. The summed E-state index contributed by atoms with van der Waals surface area (Å²) in [5, 5.41) is 9.83. The monoisotopic (exact) mass is 341 g/mol. The predicted molar refractivity (Wildman–Crippen MR) is 96.2 cm³/mol. The Balaban J connectivity index is 1.59. The van der Waals surface area contributed by atoms with Gasteiger partial charge in [0.1, 0.15) is 11.6 Å².